The van der Waals surface area contributed by atoms with Gasteiger partial charge >= 0.3 is 0 Å². The van der Waals surface area contributed by atoms with Crippen molar-refractivity contribution in [1.29, 1.82) is 0 Å². The van der Waals surface area contributed by atoms with Gasteiger partial charge in [0.2, 0.25) is 0 Å². The molecule has 1 aromatic carbocycles. The van der Waals surface area contributed by atoms with Crippen LogP contribution in [-0.2, 0) is 20.2 Å². The van der Waals surface area contributed by atoms with E-state index in [0.29, 0.717) is 0 Å². The van der Waals surface area contributed by atoms with Crippen LogP contribution in [0, 0.1) is 6.92 Å². The van der Waals surface area contributed by atoms with Crippen molar-refractivity contribution in [2.24, 2.45) is 7.05 Å². The minimum Gasteiger partial charge on any atom is -0.392 e. The minimum absolute atomic E-state index is 0.0508. The van der Waals surface area contributed by atoms with Crippen molar-refractivity contribution >= 4 is 5.69 Å². The Morgan fingerprint density at radius 1 is 1.29 bits per heavy atom. The standard InChI is InChI=1S/C13H17N3O/c1-10-12(8-15-16(10)2)7-14-13-6-4-3-5-11(13)9-17/h3-6,8,14,17H,7,9H2,1-2H3. The number of rotatable bonds is 4. The Kier molecular flexibility index (Phi) is 3.44. The van der Waals surface area contributed by atoms with Crippen molar-refractivity contribution in [3.8, 4) is 0 Å². The molecule has 1 aromatic heterocycles. The SMILES string of the molecule is Cc1c(CNc2ccccc2CO)cnn1C. The smallest absolute Gasteiger partial charge is 0.0701 e. The largest absolute Gasteiger partial charge is 0.392 e. The highest BCUT2D eigenvalue weighted by Crippen LogP contribution is 2.16. The lowest BCUT2D eigenvalue weighted by Crippen LogP contribution is -2.03. The number of aliphatic hydroxyl groups is 1. The summed E-state index contributed by atoms with van der Waals surface area (Å²) in [6, 6.07) is 7.76. The Balaban J connectivity index is 2.10. The van der Waals surface area contributed by atoms with Crippen LogP contribution >= 0.6 is 0 Å². The number of aliphatic hydroxyl groups excluding tert-OH is 1. The molecule has 0 amide bonds. The highest BCUT2D eigenvalue weighted by atomic mass is 16.3. The molecule has 4 nitrogen and oxygen atoms in total. The van der Waals surface area contributed by atoms with Crippen LogP contribution in [0.1, 0.15) is 16.8 Å². The molecular weight excluding hydrogens is 214 g/mol. The molecule has 2 aromatic rings. The summed E-state index contributed by atoms with van der Waals surface area (Å²) in [6.07, 6.45) is 1.86. The first-order valence-electron chi connectivity index (χ1n) is 5.62. The van der Waals surface area contributed by atoms with E-state index in [1.54, 1.807) is 0 Å². The van der Waals surface area contributed by atoms with Crippen LogP contribution < -0.4 is 5.32 Å². The fraction of sp³-hybridized carbons (Fsp3) is 0.308. The normalized spacial score (nSPS) is 10.5. The highest BCUT2D eigenvalue weighted by Gasteiger charge is 2.04. The van der Waals surface area contributed by atoms with Gasteiger partial charge in [0.15, 0.2) is 0 Å². The maximum atomic E-state index is 9.22. The van der Waals surface area contributed by atoms with E-state index in [1.165, 1.54) is 5.56 Å². The van der Waals surface area contributed by atoms with Crippen LogP contribution in [0.4, 0.5) is 5.69 Å². The first kappa shape index (κ1) is 11.7. The average molecular weight is 231 g/mol. The number of aryl methyl sites for hydroxylation is 1. The van der Waals surface area contributed by atoms with Crippen molar-refractivity contribution in [2.75, 3.05) is 5.32 Å². The van der Waals surface area contributed by atoms with Crippen LogP contribution in [0.2, 0.25) is 0 Å². The van der Waals surface area contributed by atoms with Crippen molar-refractivity contribution in [3.63, 3.8) is 0 Å². The Labute approximate surface area is 101 Å². The fourth-order valence-electron chi connectivity index (χ4n) is 1.74. The molecule has 90 valence electrons. The maximum Gasteiger partial charge on any atom is 0.0701 e. The summed E-state index contributed by atoms with van der Waals surface area (Å²) in [6.45, 7) is 2.81. The van der Waals surface area contributed by atoms with Gasteiger partial charge in [0.25, 0.3) is 0 Å². The zero-order valence-electron chi connectivity index (χ0n) is 10.1. The van der Waals surface area contributed by atoms with Crippen LogP contribution in [-0.4, -0.2) is 14.9 Å². The fourth-order valence-corrected chi connectivity index (χ4v) is 1.74. The molecule has 1 heterocycles. The maximum absolute atomic E-state index is 9.22. The lowest BCUT2D eigenvalue weighted by Gasteiger charge is -2.10. The second-order valence-electron chi connectivity index (χ2n) is 4.05. The van der Waals surface area contributed by atoms with Gasteiger partial charge in [-0.25, -0.2) is 0 Å². The predicted octanol–water partition coefficient (Wildman–Crippen LogP) is 1.83. The molecule has 2 N–H and O–H groups in total. The van der Waals surface area contributed by atoms with E-state index in [1.807, 2.05) is 49.1 Å². The molecule has 4 heteroatoms. The van der Waals surface area contributed by atoms with Crippen molar-refractivity contribution in [3.05, 3.63) is 47.3 Å². The third-order valence-corrected chi connectivity index (χ3v) is 2.99. The number of nitrogens with zero attached hydrogens (tertiary/aromatic N) is 2. The Morgan fingerprint density at radius 2 is 2.06 bits per heavy atom. The molecular formula is C13H17N3O. The number of anilines is 1. The molecule has 0 atom stereocenters. The van der Waals surface area contributed by atoms with E-state index < -0.39 is 0 Å². The van der Waals surface area contributed by atoms with Crippen molar-refractivity contribution in [2.45, 2.75) is 20.1 Å². The summed E-state index contributed by atoms with van der Waals surface area (Å²) in [4.78, 5) is 0. The number of para-hydroxylation sites is 1. The van der Waals surface area contributed by atoms with Crippen LogP contribution in [0.3, 0.4) is 0 Å². The molecule has 0 fully saturated rings. The van der Waals surface area contributed by atoms with Gasteiger partial charge in [-0.15, -0.1) is 0 Å². The minimum atomic E-state index is 0.0508. The number of hydrogen-bond acceptors (Lipinski definition) is 3. The molecule has 0 aliphatic rings. The Hall–Kier alpha value is -1.81. The summed E-state index contributed by atoms with van der Waals surface area (Å²) >= 11 is 0. The monoisotopic (exact) mass is 231 g/mol. The van der Waals surface area contributed by atoms with E-state index in [9.17, 15) is 5.11 Å². The van der Waals surface area contributed by atoms with E-state index >= 15 is 0 Å². The van der Waals surface area contributed by atoms with E-state index in [-0.39, 0.29) is 6.61 Å². The van der Waals surface area contributed by atoms with Gasteiger partial charge in [0.1, 0.15) is 0 Å². The van der Waals surface area contributed by atoms with Crippen LogP contribution in [0.5, 0.6) is 0 Å². The second kappa shape index (κ2) is 5.01. The van der Waals surface area contributed by atoms with Gasteiger partial charge in [0.05, 0.1) is 12.8 Å². The molecule has 0 aliphatic carbocycles. The summed E-state index contributed by atoms with van der Waals surface area (Å²) in [5.74, 6) is 0. The zero-order valence-corrected chi connectivity index (χ0v) is 10.1. The number of aromatic nitrogens is 2. The number of nitrogens with one attached hydrogen (secondary N) is 1. The Morgan fingerprint density at radius 3 is 2.71 bits per heavy atom. The van der Waals surface area contributed by atoms with Gasteiger partial charge in [0, 0.05) is 36.1 Å². The summed E-state index contributed by atoms with van der Waals surface area (Å²) in [7, 11) is 1.93. The second-order valence-corrected chi connectivity index (χ2v) is 4.05. The number of hydrogen-bond donors (Lipinski definition) is 2. The summed E-state index contributed by atoms with van der Waals surface area (Å²) < 4.78 is 1.86. The molecule has 0 spiro atoms. The highest BCUT2D eigenvalue weighted by molar-refractivity contribution is 5.51. The van der Waals surface area contributed by atoms with Crippen molar-refractivity contribution in [1.82, 2.24) is 9.78 Å². The Bertz CT molecular complexity index is 505. The van der Waals surface area contributed by atoms with Crippen LogP contribution in [0.15, 0.2) is 30.5 Å². The predicted molar refractivity (Wildman–Crippen MR) is 67.6 cm³/mol. The van der Waals surface area contributed by atoms with E-state index in [0.717, 1.165) is 23.5 Å². The van der Waals surface area contributed by atoms with Gasteiger partial charge in [-0.2, -0.15) is 5.10 Å². The molecule has 2 rings (SSSR count). The average Bonchev–Trinajstić information content (AvgIpc) is 2.68. The van der Waals surface area contributed by atoms with Gasteiger partial charge in [-0.05, 0) is 13.0 Å². The molecule has 0 saturated carbocycles. The topological polar surface area (TPSA) is 50.1 Å². The van der Waals surface area contributed by atoms with Gasteiger partial charge in [-0.1, -0.05) is 18.2 Å². The van der Waals surface area contributed by atoms with Crippen molar-refractivity contribution < 1.29 is 5.11 Å². The van der Waals surface area contributed by atoms with E-state index in [2.05, 4.69) is 10.4 Å². The first-order chi connectivity index (χ1) is 8.22. The molecule has 0 radical (unpaired) electrons. The third kappa shape index (κ3) is 2.47. The van der Waals surface area contributed by atoms with Gasteiger partial charge < -0.3 is 10.4 Å². The molecule has 17 heavy (non-hydrogen) atoms. The molecule has 0 saturated heterocycles. The first-order valence-corrected chi connectivity index (χ1v) is 5.62. The summed E-state index contributed by atoms with van der Waals surface area (Å²) in [5, 5.41) is 16.7. The quantitative estimate of drug-likeness (QED) is 0.844. The molecule has 0 aliphatic heterocycles. The third-order valence-electron chi connectivity index (χ3n) is 2.99. The summed E-state index contributed by atoms with van der Waals surface area (Å²) in [5.41, 5.74) is 4.20. The zero-order chi connectivity index (χ0) is 12.3. The van der Waals surface area contributed by atoms with E-state index in [4.69, 9.17) is 0 Å². The molecule has 0 bridgehead atoms. The number of benzene rings is 1. The lowest BCUT2D eigenvalue weighted by molar-refractivity contribution is 0.282. The van der Waals surface area contributed by atoms with Crippen LogP contribution in [0.25, 0.3) is 0 Å². The molecule has 0 unspecified atom stereocenters. The van der Waals surface area contributed by atoms with Gasteiger partial charge in [-0.3, -0.25) is 4.68 Å². The lowest BCUT2D eigenvalue weighted by atomic mass is 10.2.